The highest BCUT2D eigenvalue weighted by Crippen LogP contribution is 2.40. The highest BCUT2D eigenvalue weighted by molar-refractivity contribution is 8.03. The summed E-state index contributed by atoms with van der Waals surface area (Å²) in [6, 6.07) is 24.5. The lowest BCUT2D eigenvalue weighted by molar-refractivity contribution is 0.0990. The van der Waals surface area contributed by atoms with E-state index in [2.05, 4.69) is 67.5 Å². The van der Waals surface area contributed by atoms with Crippen molar-refractivity contribution in [2.75, 3.05) is 4.90 Å². The van der Waals surface area contributed by atoms with Crippen LogP contribution in [0.25, 0.3) is 11.1 Å². The van der Waals surface area contributed by atoms with Gasteiger partial charge in [-0.1, -0.05) is 110 Å². The number of hydrogen-bond donors (Lipinski definition) is 0. The first-order valence-corrected chi connectivity index (χ1v) is 15.3. The van der Waals surface area contributed by atoms with E-state index in [1.54, 1.807) is 17.8 Å². The van der Waals surface area contributed by atoms with Crippen molar-refractivity contribution in [2.24, 2.45) is 0 Å². The first-order chi connectivity index (χ1) is 21.4. The van der Waals surface area contributed by atoms with Crippen LogP contribution in [-0.4, -0.2) is 5.78 Å². The van der Waals surface area contributed by atoms with Crippen LogP contribution in [0, 0.1) is 0 Å². The minimum Gasteiger partial charge on any atom is -0.315 e. The van der Waals surface area contributed by atoms with Gasteiger partial charge in [0, 0.05) is 34.0 Å². The molecule has 0 atom stereocenters. The minimum absolute atomic E-state index is 0.104. The third-order valence-electron chi connectivity index (χ3n) is 7.31. The molecule has 2 aliphatic rings. The Morgan fingerprint density at radius 2 is 1.73 bits per heavy atom. The summed E-state index contributed by atoms with van der Waals surface area (Å²) in [5, 5.41) is 0. The number of thioether (sulfide) groups is 1. The number of halogens is 1. The third-order valence-corrected chi connectivity index (χ3v) is 8.42. The lowest BCUT2D eigenvalue weighted by atomic mass is 9.98. The zero-order valence-corrected chi connectivity index (χ0v) is 25.6. The average Bonchev–Trinajstić information content (AvgIpc) is 3.26. The van der Waals surface area contributed by atoms with Crippen LogP contribution >= 0.6 is 11.8 Å². The first-order valence-electron chi connectivity index (χ1n) is 14.5. The van der Waals surface area contributed by atoms with Crippen molar-refractivity contribution < 1.29 is 9.18 Å². The molecule has 1 aliphatic heterocycles. The molecule has 44 heavy (non-hydrogen) atoms. The lowest BCUT2D eigenvalue weighted by Gasteiger charge is -2.26. The van der Waals surface area contributed by atoms with E-state index in [4.69, 9.17) is 0 Å². The molecule has 218 valence electrons. The van der Waals surface area contributed by atoms with Crippen LogP contribution in [0.4, 0.5) is 15.8 Å². The fraction of sp³-hybridized carbons (Fsp3) is 0.0750. The van der Waals surface area contributed by atoms with E-state index in [-0.39, 0.29) is 11.6 Å². The van der Waals surface area contributed by atoms with Crippen molar-refractivity contribution in [3.05, 3.63) is 186 Å². The number of hydrogen-bond acceptors (Lipinski definition) is 3. The topological polar surface area (TPSA) is 20.3 Å². The second-order valence-corrected chi connectivity index (χ2v) is 11.6. The zero-order chi connectivity index (χ0) is 30.9. The molecule has 1 aliphatic carbocycles. The molecule has 0 aromatic heterocycles. The van der Waals surface area contributed by atoms with E-state index in [9.17, 15) is 9.18 Å². The molecule has 0 unspecified atom stereocenters. The van der Waals surface area contributed by atoms with Gasteiger partial charge in [0.15, 0.2) is 5.78 Å². The highest BCUT2D eigenvalue weighted by Gasteiger charge is 2.22. The molecule has 1 heterocycles. The summed E-state index contributed by atoms with van der Waals surface area (Å²) in [6.45, 7) is 10.1. The first kappa shape index (κ1) is 30.5. The molecule has 0 amide bonds. The highest BCUT2D eigenvalue weighted by atomic mass is 32.2. The van der Waals surface area contributed by atoms with E-state index in [0.29, 0.717) is 12.8 Å². The maximum atomic E-state index is 13.6. The molecule has 3 aromatic carbocycles. The van der Waals surface area contributed by atoms with Crippen LogP contribution in [0.1, 0.15) is 41.3 Å². The van der Waals surface area contributed by atoms with Crippen LogP contribution in [0.15, 0.2) is 174 Å². The molecule has 4 heteroatoms. The van der Waals surface area contributed by atoms with Crippen LogP contribution in [0.3, 0.4) is 0 Å². The van der Waals surface area contributed by atoms with E-state index in [1.165, 1.54) is 12.2 Å². The van der Waals surface area contributed by atoms with Gasteiger partial charge in [-0.2, -0.15) is 0 Å². The van der Waals surface area contributed by atoms with Crippen LogP contribution in [0.5, 0.6) is 0 Å². The predicted molar refractivity (Wildman–Crippen MR) is 187 cm³/mol. The van der Waals surface area contributed by atoms with E-state index in [1.807, 2.05) is 78.9 Å². The second-order valence-electron chi connectivity index (χ2n) is 10.4. The van der Waals surface area contributed by atoms with Gasteiger partial charge in [0.2, 0.25) is 0 Å². The standard InChI is InChI=1S/C40H34FNOS/c1-4-5-7-13-30(3)42(35-16-8-6-9-17-35)36-24-20-31(21-25-36)29(2)12-10-18-37-28-39(43)38-26-22-33(27-40(38)44-37)32-14-11-15-34(41)23-19-32/h4-13,15-27H,1-2,14,28H2,3H3/b7-5-,12-10-,30-13+,37-18+. The van der Waals surface area contributed by atoms with Crippen molar-refractivity contribution in [2.45, 2.75) is 24.7 Å². The largest absolute Gasteiger partial charge is 0.315 e. The van der Waals surface area contributed by atoms with E-state index >= 15 is 0 Å². The third kappa shape index (κ3) is 7.52. The van der Waals surface area contributed by atoms with Crippen molar-refractivity contribution in [1.29, 1.82) is 0 Å². The van der Waals surface area contributed by atoms with Crippen molar-refractivity contribution in [3.8, 4) is 0 Å². The number of allylic oxidation sites excluding steroid dienone is 16. The maximum Gasteiger partial charge on any atom is 0.168 e. The van der Waals surface area contributed by atoms with Crippen LogP contribution < -0.4 is 4.90 Å². The Morgan fingerprint density at radius 3 is 2.50 bits per heavy atom. The molecule has 0 saturated heterocycles. The Labute approximate surface area is 264 Å². The summed E-state index contributed by atoms with van der Waals surface area (Å²) >= 11 is 1.61. The number of benzene rings is 3. The molecule has 0 saturated carbocycles. The van der Waals surface area contributed by atoms with Gasteiger partial charge in [-0.15, -0.1) is 0 Å². The number of carbonyl (C=O) groups excluding carboxylic acids is 1. The molecule has 0 spiro atoms. The number of nitrogens with zero attached hydrogens (tertiary/aromatic N) is 1. The number of fused-ring (bicyclic) bond motifs is 1. The van der Waals surface area contributed by atoms with Gasteiger partial charge in [0.05, 0.1) is 0 Å². The number of carbonyl (C=O) groups is 1. The van der Waals surface area contributed by atoms with Crippen molar-refractivity contribution in [1.82, 2.24) is 0 Å². The monoisotopic (exact) mass is 595 g/mol. The Bertz CT molecular complexity index is 1780. The minimum atomic E-state index is -0.258. The normalized spacial score (nSPS) is 16.1. The molecule has 0 bridgehead atoms. The zero-order valence-electron chi connectivity index (χ0n) is 24.7. The quantitative estimate of drug-likeness (QED) is 0.230. The van der Waals surface area contributed by atoms with Gasteiger partial charge in [-0.3, -0.25) is 4.79 Å². The van der Waals surface area contributed by atoms with Gasteiger partial charge in [-0.05, 0) is 95.1 Å². The molecule has 2 nitrogen and oxygen atoms in total. The molecule has 0 fully saturated rings. The summed E-state index contributed by atoms with van der Waals surface area (Å²) in [5.41, 5.74) is 7.85. The molecular formula is C40H34FNOS. The molecule has 5 rings (SSSR count). The smallest absolute Gasteiger partial charge is 0.168 e. The van der Waals surface area contributed by atoms with Gasteiger partial charge in [0.25, 0.3) is 0 Å². The molecular weight excluding hydrogens is 562 g/mol. The fourth-order valence-electron chi connectivity index (χ4n) is 5.05. The second kappa shape index (κ2) is 14.5. The Morgan fingerprint density at radius 1 is 0.955 bits per heavy atom. The Hall–Kier alpha value is -4.93. The summed E-state index contributed by atoms with van der Waals surface area (Å²) < 4.78 is 13.6. The summed E-state index contributed by atoms with van der Waals surface area (Å²) in [4.78, 5) is 17.0. The van der Waals surface area contributed by atoms with Gasteiger partial charge < -0.3 is 4.90 Å². The average molecular weight is 596 g/mol. The molecule has 0 radical (unpaired) electrons. The summed E-state index contributed by atoms with van der Waals surface area (Å²) in [7, 11) is 0. The molecule has 0 N–H and O–H groups in total. The number of para-hydroxylation sites is 1. The summed E-state index contributed by atoms with van der Waals surface area (Å²) in [5.74, 6) is -0.154. The van der Waals surface area contributed by atoms with Crippen LogP contribution in [-0.2, 0) is 0 Å². The fourth-order valence-corrected chi connectivity index (χ4v) is 6.16. The Balaban J connectivity index is 1.30. The van der Waals surface area contributed by atoms with Crippen molar-refractivity contribution >= 4 is 40.1 Å². The van der Waals surface area contributed by atoms with Crippen molar-refractivity contribution in [3.63, 3.8) is 0 Å². The van der Waals surface area contributed by atoms with E-state index in [0.717, 1.165) is 54.7 Å². The van der Waals surface area contributed by atoms with E-state index < -0.39 is 0 Å². The predicted octanol–water partition coefficient (Wildman–Crippen LogP) is 11.5. The Kier molecular flexibility index (Phi) is 10.1. The number of Topliss-reactive ketones (excluding diaryl/α,β-unsaturated/α-hetero) is 1. The van der Waals surface area contributed by atoms with Gasteiger partial charge in [0.1, 0.15) is 5.83 Å². The SMILES string of the molecule is C=C/C=C\C=C(/C)N(c1ccccc1)c1ccc(C(=C)/C=C\C=C2/CC(=O)c3ccc(C4=CC=C(F)C=CC4)cc3S2)cc1. The summed E-state index contributed by atoms with van der Waals surface area (Å²) in [6.07, 6.45) is 21.2. The van der Waals surface area contributed by atoms with Gasteiger partial charge >= 0.3 is 0 Å². The number of rotatable bonds is 9. The number of anilines is 2. The number of ketones is 1. The van der Waals surface area contributed by atoms with Gasteiger partial charge in [-0.25, -0.2) is 4.39 Å². The molecule has 3 aromatic rings. The van der Waals surface area contributed by atoms with Crippen LogP contribution in [0.2, 0.25) is 0 Å². The maximum absolute atomic E-state index is 13.6. The lowest BCUT2D eigenvalue weighted by Crippen LogP contribution is -2.14.